The number of sulfone groups is 1. The van der Waals surface area contributed by atoms with Crippen LogP contribution in [0.1, 0.15) is 36.8 Å². The van der Waals surface area contributed by atoms with E-state index in [9.17, 15) is 8.42 Å². The predicted molar refractivity (Wildman–Crippen MR) is 66.5 cm³/mol. The maximum absolute atomic E-state index is 12.1. The van der Waals surface area contributed by atoms with Crippen LogP contribution in [0.25, 0.3) is 0 Å². The van der Waals surface area contributed by atoms with E-state index in [1.807, 2.05) is 18.2 Å². The summed E-state index contributed by atoms with van der Waals surface area (Å²) in [5, 5.41) is 0. The highest BCUT2D eigenvalue weighted by Gasteiger charge is 2.39. The Balaban J connectivity index is 2.23. The molecule has 2 aliphatic rings. The zero-order valence-corrected chi connectivity index (χ0v) is 10.6. The third kappa shape index (κ3) is 1.62. The van der Waals surface area contributed by atoms with Crippen LogP contribution in [0, 0.1) is 0 Å². The largest absolute Gasteiger partial charge is 0.321 e. The van der Waals surface area contributed by atoms with Crippen LogP contribution < -0.4 is 5.73 Å². The van der Waals surface area contributed by atoms with Crippen LogP contribution in [0.3, 0.4) is 0 Å². The van der Waals surface area contributed by atoms with Gasteiger partial charge >= 0.3 is 0 Å². The fraction of sp³-hybridized carbons (Fsp3) is 0.538. The highest BCUT2D eigenvalue weighted by atomic mass is 32.2. The summed E-state index contributed by atoms with van der Waals surface area (Å²) in [6.45, 7) is 0. The van der Waals surface area contributed by atoms with E-state index in [0.717, 1.165) is 36.8 Å². The van der Waals surface area contributed by atoms with Gasteiger partial charge in [0.05, 0.1) is 10.6 Å². The smallest absolute Gasteiger partial charge is 0.179 e. The zero-order valence-electron chi connectivity index (χ0n) is 9.78. The summed E-state index contributed by atoms with van der Waals surface area (Å²) >= 11 is 0. The molecule has 1 saturated carbocycles. The lowest BCUT2D eigenvalue weighted by Gasteiger charge is -2.26. The average molecular weight is 251 g/mol. The molecule has 0 radical (unpaired) electrons. The standard InChI is InChI=1S/C13H17NO2S/c14-13(7-1-2-8-13)11-5-3-4-10-6-9-17(15,16)12(10)11/h3-5H,1-2,6-9,14H2. The van der Waals surface area contributed by atoms with E-state index in [1.165, 1.54) is 0 Å². The number of hydrogen-bond acceptors (Lipinski definition) is 3. The van der Waals surface area contributed by atoms with Gasteiger partial charge in [-0.25, -0.2) is 8.42 Å². The molecule has 3 rings (SSSR count). The summed E-state index contributed by atoms with van der Waals surface area (Å²) in [4.78, 5) is 0.546. The van der Waals surface area contributed by atoms with E-state index < -0.39 is 15.4 Å². The minimum atomic E-state index is -3.09. The fourth-order valence-corrected chi connectivity index (χ4v) is 5.03. The highest BCUT2D eigenvalue weighted by Crippen LogP contribution is 2.42. The van der Waals surface area contributed by atoms with E-state index in [-0.39, 0.29) is 5.75 Å². The maximum Gasteiger partial charge on any atom is 0.179 e. The Morgan fingerprint density at radius 2 is 1.88 bits per heavy atom. The summed E-state index contributed by atoms with van der Waals surface area (Å²) in [6, 6.07) is 5.77. The van der Waals surface area contributed by atoms with Crippen molar-refractivity contribution in [3.05, 3.63) is 29.3 Å². The van der Waals surface area contributed by atoms with Crippen molar-refractivity contribution in [1.82, 2.24) is 0 Å². The number of fused-ring (bicyclic) bond motifs is 1. The quantitative estimate of drug-likeness (QED) is 0.827. The van der Waals surface area contributed by atoms with E-state index in [2.05, 4.69) is 0 Å². The molecule has 4 heteroatoms. The van der Waals surface area contributed by atoms with E-state index in [0.29, 0.717) is 11.3 Å². The van der Waals surface area contributed by atoms with E-state index in [1.54, 1.807) is 0 Å². The van der Waals surface area contributed by atoms with Crippen molar-refractivity contribution in [2.45, 2.75) is 42.5 Å². The summed E-state index contributed by atoms with van der Waals surface area (Å²) in [5.41, 5.74) is 7.82. The summed E-state index contributed by atoms with van der Waals surface area (Å²) < 4.78 is 24.2. The SMILES string of the molecule is NC1(c2cccc3c2S(=O)(=O)CC3)CCCC1. The molecule has 1 aliphatic carbocycles. The number of benzene rings is 1. The van der Waals surface area contributed by atoms with Gasteiger partial charge in [0.25, 0.3) is 0 Å². The van der Waals surface area contributed by atoms with Gasteiger partial charge < -0.3 is 5.73 Å². The first-order chi connectivity index (χ1) is 8.03. The lowest BCUT2D eigenvalue weighted by Crippen LogP contribution is -2.34. The van der Waals surface area contributed by atoms with Crippen LogP contribution in [0.5, 0.6) is 0 Å². The number of hydrogen-bond donors (Lipinski definition) is 1. The molecule has 0 spiro atoms. The first-order valence-electron chi connectivity index (χ1n) is 6.17. The molecule has 92 valence electrons. The molecular formula is C13H17NO2S. The minimum absolute atomic E-state index is 0.245. The maximum atomic E-state index is 12.1. The molecule has 1 aromatic carbocycles. The Hall–Kier alpha value is -0.870. The molecule has 1 fully saturated rings. The first-order valence-corrected chi connectivity index (χ1v) is 7.82. The van der Waals surface area contributed by atoms with Crippen molar-refractivity contribution in [3.8, 4) is 0 Å². The van der Waals surface area contributed by atoms with Gasteiger partial charge in [-0.1, -0.05) is 31.0 Å². The van der Waals surface area contributed by atoms with Gasteiger partial charge in [0.1, 0.15) is 0 Å². The molecule has 1 aromatic rings. The third-order valence-electron chi connectivity index (χ3n) is 4.08. The van der Waals surface area contributed by atoms with E-state index >= 15 is 0 Å². The molecular weight excluding hydrogens is 234 g/mol. The molecule has 1 aliphatic heterocycles. The average Bonchev–Trinajstić information content (AvgIpc) is 2.85. The normalized spacial score (nSPS) is 24.8. The molecule has 3 nitrogen and oxygen atoms in total. The Morgan fingerprint density at radius 1 is 1.18 bits per heavy atom. The molecule has 0 bridgehead atoms. The third-order valence-corrected chi connectivity index (χ3v) is 5.93. The van der Waals surface area contributed by atoms with Gasteiger partial charge in [0.15, 0.2) is 9.84 Å². The second-order valence-electron chi connectivity index (χ2n) is 5.23. The molecule has 17 heavy (non-hydrogen) atoms. The van der Waals surface area contributed by atoms with Crippen molar-refractivity contribution in [2.75, 3.05) is 5.75 Å². The van der Waals surface area contributed by atoms with Crippen LogP contribution in [0.4, 0.5) is 0 Å². The molecule has 2 N–H and O–H groups in total. The Bertz CT molecular complexity index is 557. The summed E-state index contributed by atoms with van der Waals surface area (Å²) in [6.07, 6.45) is 4.64. The second kappa shape index (κ2) is 3.56. The molecule has 1 heterocycles. The number of rotatable bonds is 1. The Kier molecular flexibility index (Phi) is 2.35. The van der Waals surface area contributed by atoms with E-state index in [4.69, 9.17) is 5.73 Å². The van der Waals surface area contributed by atoms with Crippen molar-refractivity contribution in [2.24, 2.45) is 5.73 Å². The van der Waals surface area contributed by atoms with Crippen LogP contribution in [-0.4, -0.2) is 14.2 Å². The number of aryl methyl sites for hydroxylation is 1. The zero-order chi connectivity index (χ0) is 12.1. The lowest BCUT2D eigenvalue weighted by molar-refractivity contribution is 0.451. The van der Waals surface area contributed by atoms with Crippen LogP contribution in [0.2, 0.25) is 0 Å². The molecule has 0 amide bonds. The van der Waals surface area contributed by atoms with Crippen molar-refractivity contribution < 1.29 is 8.42 Å². The topological polar surface area (TPSA) is 60.2 Å². The molecule has 0 unspecified atom stereocenters. The van der Waals surface area contributed by atoms with Crippen molar-refractivity contribution >= 4 is 9.84 Å². The van der Waals surface area contributed by atoms with Crippen LogP contribution >= 0.6 is 0 Å². The Labute approximate surface area is 102 Å². The molecule has 0 saturated heterocycles. The monoisotopic (exact) mass is 251 g/mol. The summed E-state index contributed by atoms with van der Waals surface area (Å²) in [5.74, 6) is 0.245. The van der Waals surface area contributed by atoms with Crippen LogP contribution in [-0.2, 0) is 21.8 Å². The second-order valence-corrected chi connectivity index (χ2v) is 7.27. The highest BCUT2D eigenvalue weighted by molar-refractivity contribution is 7.91. The summed E-state index contributed by atoms with van der Waals surface area (Å²) in [7, 11) is -3.09. The van der Waals surface area contributed by atoms with Crippen LogP contribution in [0.15, 0.2) is 23.1 Å². The van der Waals surface area contributed by atoms with Gasteiger partial charge in [-0.2, -0.15) is 0 Å². The minimum Gasteiger partial charge on any atom is -0.321 e. The molecule has 0 atom stereocenters. The van der Waals surface area contributed by atoms with Gasteiger partial charge in [0, 0.05) is 5.54 Å². The molecule has 0 aromatic heterocycles. The van der Waals surface area contributed by atoms with Gasteiger partial charge in [-0.15, -0.1) is 0 Å². The van der Waals surface area contributed by atoms with Gasteiger partial charge in [-0.3, -0.25) is 0 Å². The Morgan fingerprint density at radius 3 is 2.59 bits per heavy atom. The van der Waals surface area contributed by atoms with Gasteiger partial charge in [-0.05, 0) is 30.4 Å². The lowest BCUT2D eigenvalue weighted by atomic mass is 9.88. The number of nitrogens with two attached hydrogens (primary N) is 1. The first kappa shape index (κ1) is 11.2. The van der Waals surface area contributed by atoms with Crippen molar-refractivity contribution in [3.63, 3.8) is 0 Å². The van der Waals surface area contributed by atoms with Gasteiger partial charge in [0.2, 0.25) is 0 Å². The fourth-order valence-electron chi connectivity index (χ4n) is 3.16. The van der Waals surface area contributed by atoms with Crippen molar-refractivity contribution in [1.29, 1.82) is 0 Å². The predicted octanol–water partition coefficient (Wildman–Crippen LogP) is 1.74.